The largest absolute Gasteiger partial charge is 0.321 e. The van der Waals surface area contributed by atoms with E-state index in [1.807, 2.05) is 44.4 Å². The number of hydrogen-bond acceptors (Lipinski definition) is 3. The maximum Gasteiger partial charge on any atom is 0.177 e. The first kappa shape index (κ1) is 14.0. The first-order valence-corrected chi connectivity index (χ1v) is 7.20. The fourth-order valence-electron chi connectivity index (χ4n) is 2.36. The number of imidazole rings is 1. The van der Waals surface area contributed by atoms with Crippen LogP contribution in [0, 0.1) is 0 Å². The zero-order chi connectivity index (χ0) is 14.8. The number of halogens is 1. The Morgan fingerprint density at radius 3 is 2.62 bits per heavy atom. The van der Waals surface area contributed by atoms with Crippen LogP contribution in [0.2, 0.25) is 5.02 Å². The van der Waals surface area contributed by atoms with Gasteiger partial charge in [-0.15, -0.1) is 0 Å². The molecule has 0 radical (unpaired) electrons. The predicted molar refractivity (Wildman–Crippen MR) is 85.5 cm³/mol. The molecule has 0 atom stereocenters. The molecule has 0 spiro atoms. The standard InChI is InChI=1S/C16H17ClN4/c1-20(2)11-15-19-16-14(4-3-9-18-16)21(15)10-12-5-7-13(17)8-6-12/h3-9H,10-11H2,1-2H3. The molecule has 21 heavy (non-hydrogen) atoms. The molecular formula is C16H17ClN4. The van der Waals surface area contributed by atoms with Gasteiger partial charge in [-0.1, -0.05) is 23.7 Å². The van der Waals surface area contributed by atoms with Gasteiger partial charge in [0.25, 0.3) is 0 Å². The third-order valence-corrected chi connectivity index (χ3v) is 3.57. The molecule has 5 heteroatoms. The summed E-state index contributed by atoms with van der Waals surface area (Å²) in [6.07, 6.45) is 1.78. The molecule has 0 aliphatic carbocycles. The molecule has 0 amide bonds. The number of nitrogens with zero attached hydrogens (tertiary/aromatic N) is 4. The molecule has 0 saturated heterocycles. The van der Waals surface area contributed by atoms with Gasteiger partial charge in [-0.05, 0) is 43.9 Å². The highest BCUT2D eigenvalue weighted by atomic mass is 35.5. The highest BCUT2D eigenvalue weighted by Crippen LogP contribution is 2.18. The van der Waals surface area contributed by atoms with E-state index in [9.17, 15) is 0 Å². The SMILES string of the molecule is CN(C)Cc1nc2ncccc2n1Cc1ccc(Cl)cc1. The van der Waals surface area contributed by atoms with E-state index in [1.54, 1.807) is 6.20 Å². The minimum atomic E-state index is 0.754. The number of rotatable bonds is 4. The summed E-state index contributed by atoms with van der Waals surface area (Å²) in [5.74, 6) is 1.02. The minimum absolute atomic E-state index is 0.754. The van der Waals surface area contributed by atoms with Gasteiger partial charge in [-0.2, -0.15) is 0 Å². The molecule has 2 aromatic heterocycles. The molecule has 2 heterocycles. The maximum atomic E-state index is 5.95. The summed E-state index contributed by atoms with van der Waals surface area (Å²) in [6.45, 7) is 1.55. The molecule has 0 bridgehead atoms. The van der Waals surface area contributed by atoms with Crippen molar-refractivity contribution in [2.75, 3.05) is 14.1 Å². The van der Waals surface area contributed by atoms with E-state index in [0.29, 0.717) is 0 Å². The molecule has 0 N–H and O–H groups in total. The van der Waals surface area contributed by atoms with Crippen LogP contribution >= 0.6 is 11.6 Å². The lowest BCUT2D eigenvalue weighted by molar-refractivity contribution is 0.384. The Kier molecular flexibility index (Phi) is 3.90. The van der Waals surface area contributed by atoms with Crippen LogP contribution in [0.15, 0.2) is 42.6 Å². The van der Waals surface area contributed by atoms with Crippen LogP contribution in [-0.2, 0) is 13.1 Å². The van der Waals surface area contributed by atoms with E-state index in [1.165, 1.54) is 5.56 Å². The van der Waals surface area contributed by atoms with Gasteiger partial charge in [-0.3, -0.25) is 0 Å². The fourth-order valence-corrected chi connectivity index (χ4v) is 2.49. The highest BCUT2D eigenvalue weighted by Gasteiger charge is 2.12. The van der Waals surface area contributed by atoms with Crippen LogP contribution in [0.5, 0.6) is 0 Å². The van der Waals surface area contributed by atoms with Crippen LogP contribution in [-0.4, -0.2) is 33.5 Å². The van der Waals surface area contributed by atoms with Gasteiger partial charge in [0.2, 0.25) is 0 Å². The van der Waals surface area contributed by atoms with Crippen molar-refractivity contribution in [1.82, 2.24) is 19.4 Å². The molecule has 0 aliphatic rings. The minimum Gasteiger partial charge on any atom is -0.321 e. The Labute approximate surface area is 129 Å². The highest BCUT2D eigenvalue weighted by molar-refractivity contribution is 6.30. The van der Waals surface area contributed by atoms with Gasteiger partial charge in [0.1, 0.15) is 5.82 Å². The Morgan fingerprint density at radius 1 is 1.14 bits per heavy atom. The Morgan fingerprint density at radius 2 is 1.90 bits per heavy atom. The molecule has 0 saturated carbocycles. The van der Waals surface area contributed by atoms with Crippen molar-refractivity contribution in [3.8, 4) is 0 Å². The molecule has 108 valence electrons. The quantitative estimate of drug-likeness (QED) is 0.742. The predicted octanol–water partition coefficient (Wildman–Crippen LogP) is 3.19. The van der Waals surface area contributed by atoms with Gasteiger partial charge in [0.05, 0.1) is 12.1 Å². The summed E-state index contributed by atoms with van der Waals surface area (Å²) >= 11 is 5.95. The van der Waals surface area contributed by atoms with E-state index < -0.39 is 0 Å². The number of aromatic nitrogens is 3. The summed E-state index contributed by atoms with van der Waals surface area (Å²) in [7, 11) is 4.08. The van der Waals surface area contributed by atoms with Crippen LogP contribution in [0.4, 0.5) is 0 Å². The van der Waals surface area contributed by atoms with Crippen molar-refractivity contribution in [2.45, 2.75) is 13.1 Å². The van der Waals surface area contributed by atoms with Crippen molar-refractivity contribution in [1.29, 1.82) is 0 Å². The Hall–Kier alpha value is -1.91. The van der Waals surface area contributed by atoms with Crippen LogP contribution < -0.4 is 0 Å². The Bertz CT molecular complexity index is 747. The second-order valence-electron chi connectivity index (χ2n) is 5.32. The van der Waals surface area contributed by atoms with Gasteiger partial charge in [0, 0.05) is 17.8 Å². The lowest BCUT2D eigenvalue weighted by atomic mass is 10.2. The van der Waals surface area contributed by atoms with E-state index in [0.717, 1.165) is 35.1 Å². The number of fused-ring (bicyclic) bond motifs is 1. The van der Waals surface area contributed by atoms with E-state index >= 15 is 0 Å². The molecule has 0 aliphatic heterocycles. The zero-order valence-electron chi connectivity index (χ0n) is 12.1. The molecule has 4 nitrogen and oxygen atoms in total. The lowest BCUT2D eigenvalue weighted by Gasteiger charge is -2.13. The average molecular weight is 301 g/mol. The van der Waals surface area contributed by atoms with Crippen LogP contribution in [0.25, 0.3) is 11.2 Å². The second-order valence-corrected chi connectivity index (χ2v) is 5.76. The second kappa shape index (κ2) is 5.84. The summed E-state index contributed by atoms with van der Waals surface area (Å²) in [5, 5.41) is 0.754. The van der Waals surface area contributed by atoms with Gasteiger partial charge < -0.3 is 9.47 Å². The number of benzene rings is 1. The molecule has 3 rings (SSSR count). The van der Waals surface area contributed by atoms with Crippen LogP contribution in [0.3, 0.4) is 0 Å². The third kappa shape index (κ3) is 3.06. The van der Waals surface area contributed by atoms with Crippen molar-refractivity contribution in [2.24, 2.45) is 0 Å². The van der Waals surface area contributed by atoms with Gasteiger partial charge in [-0.25, -0.2) is 9.97 Å². The van der Waals surface area contributed by atoms with Crippen molar-refractivity contribution >= 4 is 22.8 Å². The van der Waals surface area contributed by atoms with Crippen molar-refractivity contribution in [3.05, 3.63) is 59.0 Å². The summed E-state index contributed by atoms with van der Waals surface area (Å²) in [4.78, 5) is 11.1. The van der Waals surface area contributed by atoms with Gasteiger partial charge >= 0.3 is 0 Å². The Balaban J connectivity index is 2.03. The topological polar surface area (TPSA) is 34.0 Å². The van der Waals surface area contributed by atoms with E-state index in [2.05, 4.69) is 25.5 Å². The summed E-state index contributed by atoms with van der Waals surface area (Å²) in [6, 6.07) is 11.9. The molecule has 3 aromatic rings. The van der Waals surface area contributed by atoms with Crippen molar-refractivity contribution in [3.63, 3.8) is 0 Å². The lowest BCUT2D eigenvalue weighted by Crippen LogP contribution is -2.16. The molecule has 0 unspecified atom stereocenters. The third-order valence-electron chi connectivity index (χ3n) is 3.31. The monoisotopic (exact) mass is 300 g/mol. The summed E-state index contributed by atoms with van der Waals surface area (Å²) in [5.41, 5.74) is 3.05. The smallest absolute Gasteiger partial charge is 0.177 e. The van der Waals surface area contributed by atoms with Crippen LogP contribution in [0.1, 0.15) is 11.4 Å². The maximum absolute atomic E-state index is 5.95. The molecule has 1 aromatic carbocycles. The first-order chi connectivity index (χ1) is 10.1. The molecule has 0 fully saturated rings. The van der Waals surface area contributed by atoms with Gasteiger partial charge in [0.15, 0.2) is 5.65 Å². The van der Waals surface area contributed by atoms with Crippen molar-refractivity contribution < 1.29 is 0 Å². The zero-order valence-corrected chi connectivity index (χ0v) is 12.9. The molecular weight excluding hydrogens is 284 g/mol. The fraction of sp³-hybridized carbons (Fsp3) is 0.250. The van der Waals surface area contributed by atoms with E-state index in [4.69, 9.17) is 11.6 Å². The number of pyridine rings is 1. The van der Waals surface area contributed by atoms with E-state index in [-0.39, 0.29) is 0 Å². The first-order valence-electron chi connectivity index (χ1n) is 6.83. The normalized spacial score (nSPS) is 11.4. The number of hydrogen-bond donors (Lipinski definition) is 0. The summed E-state index contributed by atoms with van der Waals surface area (Å²) < 4.78 is 2.21. The average Bonchev–Trinajstić information content (AvgIpc) is 2.78.